The lowest BCUT2D eigenvalue weighted by Crippen LogP contribution is -2.05. The Bertz CT molecular complexity index is 496. The van der Waals surface area contributed by atoms with E-state index in [0.717, 1.165) is 37.3 Å². The van der Waals surface area contributed by atoms with Crippen LogP contribution >= 0.6 is 0 Å². The van der Waals surface area contributed by atoms with E-state index in [0.29, 0.717) is 0 Å². The lowest BCUT2D eigenvalue weighted by molar-refractivity contribution is 0.787. The number of rotatable bonds is 5. The molecule has 0 unspecified atom stereocenters. The number of nitrogens with zero attached hydrogens (tertiary/aromatic N) is 4. The van der Waals surface area contributed by atoms with Crippen LogP contribution < -0.4 is 5.32 Å². The van der Waals surface area contributed by atoms with Crippen LogP contribution in [0.2, 0.25) is 0 Å². The van der Waals surface area contributed by atoms with Gasteiger partial charge in [-0.2, -0.15) is 0 Å². The van der Waals surface area contributed by atoms with Gasteiger partial charge in [0.25, 0.3) is 0 Å². The highest BCUT2D eigenvalue weighted by Crippen LogP contribution is 2.09. The van der Waals surface area contributed by atoms with Crippen LogP contribution in [0.25, 0.3) is 5.65 Å². The molecule has 1 N–H and O–H groups in total. The van der Waals surface area contributed by atoms with Crippen molar-refractivity contribution >= 4 is 11.5 Å². The van der Waals surface area contributed by atoms with Crippen LogP contribution in [0, 0.1) is 12.3 Å². The third-order valence-corrected chi connectivity index (χ3v) is 2.26. The van der Waals surface area contributed by atoms with E-state index < -0.39 is 0 Å². The van der Waals surface area contributed by atoms with Crippen molar-refractivity contribution in [1.82, 2.24) is 19.6 Å². The van der Waals surface area contributed by atoms with Crippen molar-refractivity contribution in [2.24, 2.45) is 0 Å². The molecule has 82 valence electrons. The van der Waals surface area contributed by atoms with Crippen LogP contribution in [0.15, 0.2) is 18.7 Å². The van der Waals surface area contributed by atoms with Gasteiger partial charge in [-0.3, -0.25) is 4.40 Å². The number of nitrogens with one attached hydrogen (secondary N) is 1. The van der Waals surface area contributed by atoms with Crippen LogP contribution in [-0.4, -0.2) is 26.1 Å². The first-order valence-corrected chi connectivity index (χ1v) is 5.23. The van der Waals surface area contributed by atoms with Crippen molar-refractivity contribution in [3.05, 3.63) is 18.7 Å². The summed E-state index contributed by atoms with van der Waals surface area (Å²) in [7, 11) is 0. The first-order chi connectivity index (χ1) is 7.92. The Morgan fingerprint density at radius 1 is 1.44 bits per heavy atom. The molecule has 5 heteroatoms. The van der Waals surface area contributed by atoms with Gasteiger partial charge in [-0.15, -0.1) is 22.5 Å². The molecule has 2 heterocycles. The highest BCUT2D eigenvalue weighted by molar-refractivity contribution is 5.61. The number of aromatic nitrogens is 4. The maximum atomic E-state index is 5.18. The van der Waals surface area contributed by atoms with Gasteiger partial charge in [0.05, 0.1) is 0 Å². The second kappa shape index (κ2) is 5.12. The fourth-order valence-electron chi connectivity index (χ4n) is 1.44. The van der Waals surface area contributed by atoms with Gasteiger partial charge in [-0.1, -0.05) is 0 Å². The summed E-state index contributed by atoms with van der Waals surface area (Å²) in [4.78, 5) is 4.22. The van der Waals surface area contributed by atoms with Crippen LogP contribution in [0.1, 0.15) is 19.3 Å². The van der Waals surface area contributed by atoms with Gasteiger partial charge < -0.3 is 5.32 Å². The molecule has 0 spiro atoms. The number of terminal acetylenes is 1. The van der Waals surface area contributed by atoms with Gasteiger partial charge in [0.2, 0.25) is 5.65 Å². The normalized spacial score (nSPS) is 10.2. The topological polar surface area (TPSA) is 55.1 Å². The molecule has 0 aliphatic carbocycles. The molecule has 0 aromatic carbocycles. The summed E-state index contributed by atoms with van der Waals surface area (Å²) in [5.74, 6) is 3.39. The summed E-state index contributed by atoms with van der Waals surface area (Å²) in [5, 5.41) is 11.0. The van der Waals surface area contributed by atoms with Gasteiger partial charge >= 0.3 is 0 Å². The van der Waals surface area contributed by atoms with Crippen LogP contribution in [0.5, 0.6) is 0 Å². The minimum atomic E-state index is 0.749. The Balaban J connectivity index is 1.94. The van der Waals surface area contributed by atoms with Gasteiger partial charge in [-0.05, 0) is 12.8 Å². The minimum Gasteiger partial charge on any atom is -0.367 e. The van der Waals surface area contributed by atoms with E-state index >= 15 is 0 Å². The molecule has 0 atom stereocenters. The third kappa shape index (κ3) is 2.28. The summed E-state index contributed by atoms with van der Waals surface area (Å²) in [6.07, 6.45) is 13.3. The molecule has 0 saturated heterocycles. The molecule has 5 nitrogen and oxygen atoms in total. The summed E-state index contributed by atoms with van der Waals surface area (Å²) in [6.45, 7) is 0.848. The lowest BCUT2D eigenvalue weighted by atomic mass is 10.2. The lowest BCUT2D eigenvalue weighted by Gasteiger charge is -2.04. The van der Waals surface area contributed by atoms with Crippen molar-refractivity contribution in [1.29, 1.82) is 0 Å². The zero-order valence-electron chi connectivity index (χ0n) is 8.93. The van der Waals surface area contributed by atoms with Crippen molar-refractivity contribution in [2.45, 2.75) is 19.3 Å². The highest BCUT2D eigenvalue weighted by Gasteiger charge is 2.02. The average molecular weight is 215 g/mol. The molecule has 0 saturated carbocycles. The Morgan fingerprint density at radius 2 is 2.38 bits per heavy atom. The van der Waals surface area contributed by atoms with E-state index in [1.165, 1.54) is 0 Å². The average Bonchev–Trinajstić information content (AvgIpc) is 2.77. The van der Waals surface area contributed by atoms with E-state index in [4.69, 9.17) is 6.42 Å². The molecule has 0 bridgehead atoms. The standard InChI is InChI=1S/C11H13N5/c1-2-3-4-5-6-12-10-11-15-14-9-16(11)8-7-13-10/h1,7-9H,3-6H2,(H,12,13). The summed E-state index contributed by atoms with van der Waals surface area (Å²) in [6, 6.07) is 0. The van der Waals surface area contributed by atoms with E-state index in [1.807, 2.05) is 10.6 Å². The molecule has 0 amide bonds. The predicted molar refractivity (Wildman–Crippen MR) is 62.0 cm³/mol. The smallest absolute Gasteiger partial charge is 0.203 e. The zero-order chi connectivity index (χ0) is 11.2. The monoisotopic (exact) mass is 215 g/mol. The van der Waals surface area contributed by atoms with Crippen molar-refractivity contribution < 1.29 is 0 Å². The maximum absolute atomic E-state index is 5.18. The van der Waals surface area contributed by atoms with Crippen LogP contribution in [-0.2, 0) is 0 Å². The first kappa shape index (κ1) is 10.4. The summed E-state index contributed by atoms with van der Waals surface area (Å²) >= 11 is 0. The van der Waals surface area contributed by atoms with Crippen molar-refractivity contribution in [3.63, 3.8) is 0 Å². The quantitative estimate of drug-likeness (QED) is 0.604. The SMILES string of the molecule is C#CCCCCNc1nccn2cnnc12. The molecule has 0 radical (unpaired) electrons. The van der Waals surface area contributed by atoms with Crippen LogP contribution in [0.4, 0.5) is 5.82 Å². The number of anilines is 1. The second-order valence-corrected chi connectivity index (χ2v) is 3.43. The maximum Gasteiger partial charge on any atom is 0.203 e. The Hall–Kier alpha value is -2.09. The van der Waals surface area contributed by atoms with E-state index in [9.17, 15) is 0 Å². The van der Waals surface area contributed by atoms with Gasteiger partial charge in [0.15, 0.2) is 5.82 Å². The Labute approximate surface area is 93.9 Å². The molecule has 0 aliphatic heterocycles. The van der Waals surface area contributed by atoms with Gasteiger partial charge in [0, 0.05) is 25.4 Å². The predicted octanol–water partition coefficient (Wildman–Crippen LogP) is 1.34. The Kier molecular flexibility index (Phi) is 3.34. The minimum absolute atomic E-state index is 0.749. The van der Waals surface area contributed by atoms with Crippen molar-refractivity contribution in [3.8, 4) is 12.3 Å². The first-order valence-electron chi connectivity index (χ1n) is 5.23. The largest absolute Gasteiger partial charge is 0.367 e. The molecule has 2 aromatic rings. The van der Waals surface area contributed by atoms with E-state index in [1.54, 1.807) is 12.5 Å². The zero-order valence-corrected chi connectivity index (χ0v) is 8.93. The van der Waals surface area contributed by atoms with Gasteiger partial charge in [-0.25, -0.2) is 4.98 Å². The van der Waals surface area contributed by atoms with E-state index in [-0.39, 0.29) is 0 Å². The molecule has 0 aliphatic rings. The molecule has 2 aromatic heterocycles. The summed E-state index contributed by atoms with van der Waals surface area (Å²) in [5.41, 5.74) is 0.749. The summed E-state index contributed by atoms with van der Waals surface area (Å²) < 4.78 is 1.83. The number of hydrogen-bond acceptors (Lipinski definition) is 4. The highest BCUT2D eigenvalue weighted by atomic mass is 15.2. The molecule has 2 rings (SSSR count). The molecule has 0 fully saturated rings. The third-order valence-electron chi connectivity index (χ3n) is 2.26. The fourth-order valence-corrected chi connectivity index (χ4v) is 1.44. The molecular formula is C11H13N5. The number of fused-ring (bicyclic) bond motifs is 1. The van der Waals surface area contributed by atoms with E-state index in [2.05, 4.69) is 26.4 Å². The second-order valence-electron chi connectivity index (χ2n) is 3.43. The molecular weight excluding hydrogens is 202 g/mol. The number of hydrogen-bond donors (Lipinski definition) is 1. The Morgan fingerprint density at radius 3 is 3.25 bits per heavy atom. The number of unbranched alkanes of at least 4 members (excludes halogenated alkanes) is 2. The van der Waals surface area contributed by atoms with Crippen LogP contribution in [0.3, 0.4) is 0 Å². The van der Waals surface area contributed by atoms with Crippen molar-refractivity contribution in [2.75, 3.05) is 11.9 Å². The molecule has 16 heavy (non-hydrogen) atoms. The fraction of sp³-hybridized carbons (Fsp3) is 0.364. The van der Waals surface area contributed by atoms with Gasteiger partial charge in [0.1, 0.15) is 6.33 Å².